The number of rotatable bonds is 4. The van der Waals surface area contributed by atoms with Crippen molar-refractivity contribution in [3.63, 3.8) is 0 Å². The second kappa shape index (κ2) is 6.93. The van der Waals surface area contributed by atoms with Crippen LogP contribution < -0.4 is 10.9 Å². The number of carbonyl (C=O) groups excluding carboxylic acids is 1. The molecule has 25 heavy (non-hydrogen) atoms. The number of nitrogens with zero attached hydrogens (tertiary/aromatic N) is 2. The summed E-state index contributed by atoms with van der Waals surface area (Å²) >= 11 is 0. The third-order valence-corrected chi connectivity index (χ3v) is 5.03. The van der Waals surface area contributed by atoms with Gasteiger partial charge in [0.05, 0.1) is 0 Å². The van der Waals surface area contributed by atoms with Crippen LogP contribution in [-0.4, -0.2) is 28.3 Å². The lowest BCUT2D eigenvalue weighted by atomic mass is 9.82. The molecule has 1 aliphatic heterocycles. The van der Waals surface area contributed by atoms with Crippen molar-refractivity contribution in [3.8, 4) is 11.5 Å². The number of hydrogen-bond donors (Lipinski definition) is 2. The number of ether oxygens (including phenoxy) is 1. The first-order chi connectivity index (χ1) is 12.2. The molecule has 1 aromatic heterocycles. The topological polar surface area (TPSA) is 89.3 Å². The molecule has 2 aromatic rings. The molecule has 1 saturated heterocycles. The fourth-order valence-corrected chi connectivity index (χ4v) is 3.67. The first-order valence-corrected chi connectivity index (χ1v) is 8.83. The van der Waals surface area contributed by atoms with Crippen LogP contribution in [0.5, 0.6) is 0 Å². The molecule has 7 nitrogen and oxygen atoms in total. The van der Waals surface area contributed by atoms with E-state index < -0.39 is 6.10 Å². The highest BCUT2D eigenvalue weighted by Gasteiger charge is 2.42. The van der Waals surface area contributed by atoms with Crippen LogP contribution in [0.2, 0.25) is 0 Å². The molecule has 1 aromatic carbocycles. The Morgan fingerprint density at radius 3 is 2.84 bits per heavy atom. The lowest BCUT2D eigenvalue weighted by Crippen LogP contribution is -2.40. The molecule has 1 aliphatic carbocycles. The van der Waals surface area contributed by atoms with E-state index in [0.717, 1.165) is 24.8 Å². The van der Waals surface area contributed by atoms with Gasteiger partial charge < -0.3 is 9.15 Å². The summed E-state index contributed by atoms with van der Waals surface area (Å²) in [6.45, 7) is 1.75. The van der Waals surface area contributed by atoms with Crippen LogP contribution >= 0.6 is 0 Å². The Morgan fingerprint density at radius 1 is 1.20 bits per heavy atom. The average Bonchev–Trinajstić information content (AvgIpc) is 3.30. The Bertz CT molecular complexity index is 733. The number of aromatic nitrogens is 2. The van der Waals surface area contributed by atoms with Crippen LogP contribution in [0, 0.1) is 5.92 Å². The van der Waals surface area contributed by atoms with Gasteiger partial charge in [0.15, 0.2) is 6.10 Å². The third-order valence-electron chi connectivity index (χ3n) is 5.03. The zero-order chi connectivity index (χ0) is 17.2. The molecule has 2 heterocycles. The lowest BCUT2D eigenvalue weighted by Gasteiger charge is -2.26. The van der Waals surface area contributed by atoms with Gasteiger partial charge in [0.25, 0.3) is 5.89 Å². The van der Waals surface area contributed by atoms with Crippen molar-refractivity contribution >= 4 is 5.97 Å². The molecule has 1 saturated carbocycles. The second-order valence-electron chi connectivity index (χ2n) is 6.71. The molecule has 7 heteroatoms. The van der Waals surface area contributed by atoms with Gasteiger partial charge in [0, 0.05) is 17.5 Å². The molecule has 4 atom stereocenters. The average molecular weight is 342 g/mol. The zero-order valence-corrected chi connectivity index (χ0v) is 14.1. The maximum absolute atomic E-state index is 12.5. The highest BCUT2D eigenvalue weighted by Crippen LogP contribution is 2.31. The largest absolute Gasteiger partial charge is 0.451 e. The van der Waals surface area contributed by atoms with Crippen LogP contribution in [0.3, 0.4) is 0 Å². The van der Waals surface area contributed by atoms with Crippen molar-refractivity contribution in [1.29, 1.82) is 0 Å². The maximum atomic E-state index is 12.5. The molecule has 4 rings (SSSR count). The summed E-state index contributed by atoms with van der Waals surface area (Å²) in [5, 5.41) is 8.07. The fraction of sp³-hybridized carbons (Fsp3) is 0.500. The van der Waals surface area contributed by atoms with Gasteiger partial charge in [-0.2, -0.15) is 0 Å². The minimum Gasteiger partial charge on any atom is -0.451 e. The van der Waals surface area contributed by atoms with Crippen molar-refractivity contribution in [3.05, 3.63) is 36.2 Å². The number of benzene rings is 1. The molecular weight excluding hydrogens is 320 g/mol. The smallest absolute Gasteiger partial charge is 0.325 e. The first kappa shape index (κ1) is 16.2. The Morgan fingerprint density at radius 2 is 2.00 bits per heavy atom. The lowest BCUT2D eigenvalue weighted by molar-refractivity contribution is -0.153. The van der Waals surface area contributed by atoms with Gasteiger partial charge in [-0.05, 0) is 31.9 Å². The van der Waals surface area contributed by atoms with Crippen LogP contribution in [0.4, 0.5) is 0 Å². The summed E-state index contributed by atoms with van der Waals surface area (Å²) < 4.78 is 11.2. The predicted molar refractivity (Wildman–Crippen MR) is 90.0 cm³/mol. The van der Waals surface area contributed by atoms with Gasteiger partial charge in [-0.3, -0.25) is 10.2 Å². The molecule has 132 valence electrons. The number of hydrogen-bond acceptors (Lipinski definition) is 7. The number of fused-ring (bicyclic) bond motifs is 1. The standard InChI is InChI=1S/C18H22N4O3/c1-11(16-21-22-17(25-16)12-7-3-2-4-8-12)24-18(23)15-13-9-5-6-10-14(13)19-20-15/h2-4,7-8,11,13-15,19-20H,5-6,9-10H2,1H3. The monoisotopic (exact) mass is 342 g/mol. The fourth-order valence-electron chi connectivity index (χ4n) is 3.67. The maximum Gasteiger partial charge on any atom is 0.325 e. The van der Waals surface area contributed by atoms with E-state index in [1.54, 1.807) is 6.92 Å². The van der Waals surface area contributed by atoms with E-state index in [9.17, 15) is 4.79 Å². The molecular formula is C18H22N4O3. The zero-order valence-electron chi connectivity index (χ0n) is 14.1. The number of esters is 1. The van der Waals surface area contributed by atoms with Crippen molar-refractivity contribution < 1.29 is 13.9 Å². The van der Waals surface area contributed by atoms with E-state index in [1.807, 2.05) is 30.3 Å². The van der Waals surface area contributed by atoms with E-state index in [0.29, 0.717) is 17.8 Å². The SMILES string of the molecule is CC(OC(=O)C1NNC2CCCCC21)c1nnc(-c2ccccc2)o1. The Hall–Kier alpha value is -2.25. The Labute approximate surface area is 146 Å². The van der Waals surface area contributed by atoms with E-state index >= 15 is 0 Å². The van der Waals surface area contributed by atoms with Crippen LogP contribution in [-0.2, 0) is 9.53 Å². The highest BCUT2D eigenvalue weighted by molar-refractivity contribution is 5.77. The summed E-state index contributed by atoms with van der Waals surface area (Å²) in [6, 6.07) is 9.56. The second-order valence-corrected chi connectivity index (χ2v) is 6.71. The van der Waals surface area contributed by atoms with Gasteiger partial charge in [-0.15, -0.1) is 10.2 Å². The summed E-state index contributed by atoms with van der Waals surface area (Å²) in [7, 11) is 0. The van der Waals surface area contributed by atoms with E-state index in [1.165, 1.54) is 6.42 Å². The van der Waals surface area contributed by atoms with Gasteiger partial charge in [-0.25, -0.2) is 5.43 Å². The van der Waals surface area contributed by atoms with Gasteiger partial charge in [-0.1, -0.05) is 31.0 Å². The summed E-state index contributed by atoms with van der Waals surface area (Å²) in [5.41, 5.74) is 7.16. The number of hydrazine groups is 1. The molecule has 0 spiro atoms. The van der Waals surface area contributed by atoms with Gasteiger partial charge in [0.2, 0.25) is 5.89 Å². The van der Waals surface area contributed by atoms with Crippen LogP contribution in [0.25, 0.3) is 11.5 Å². The summed E-state index contributed by atoms with van der Waals surface area (Å²) in [4.78, 5) is 12.5. The van der Waals surface area contributed by atoms with Crippen molar-refractivity contribution in [2.45, 2.75) is 50.8 Å². The van der Waals surface area contributed by atoms with Gasteiger partial charge in [0.1, 0.15) is 6.04 Å². The number of carbonyl (C=O) groups is 1. The number of nitrogens with one attached hydrogen (secondary N) is 2. The molecule has 2 N–H and O–H groups in total. The molecule has 2 fully saturated rings. The molecule has 0 bridgehead atoms. The van der Waals surface area contributed by atoms with E-state index in [2.05, 4.69) is 21.0 Å². The van der Waals surface area contributed by atoms with Crippen molar-refractivity contribution in [2.75, 3.05) is 0 Å². The van der Waals surface area contributed by atoms with Gasteiger partial charge >= 0.3 is 5.97 Å². The van der Waals surface area contributed by atoms with Crippen LogP contribution in [0.15, 0.2) is 34.7 Å². The molecule has 0 radical (unpaired) electrons. The summed E-state index contributed by atoms with van der Waals surface area (Å²) in [5.74, 6) is 0.745. The van der Waals surface area contributed by atoms with E-state index in [-0.39, 0.29) is 17.9 Å². The highest BCUT2D eigenvalue weighted by atomic mass is 16.6. The predicted octanol–water partition coefficient (Wildman–Crippen LogP) is 2.38. The quantitative estimate of drug-likeness (QED) is 0.825. The molecule has 0 amide bonds. The minimum atomic E-state index is -0.582. The first-order valence-electron chi connectivity index (χ1n) is 8.83. The Balaban J connectivity index is 1.41. The van der Waals surface area contributed by atoms with Crippen molar-refractivity contribution in [1.82, 2.24) is 21.0 Å². The molecule has 4 unspecified atom stereocenters. The van der Waals surface area contributed by atoms with Crippen LogP contribution in [0.1, 0.15) is 44.6 Å². The van der Waals surface area contributed by atoms with Crippen molar-refractivity contribution in [2.24, 2.45) is 5.92 Å². The third kappa shape index (κ3) is 3.29. The summed E-state index contributed by atoms with van der Waals surface area (Å²) in [6.07, 6.45) is 3.92. The van der Waals surface area contributed by atoms with E-state index in [4.69, 9.17) is 9.15 Å². The molecule has 2 aliphatic rings. The Kier molecular flexibility index (Phi) is 4.50. The minimum absolute atomic E-state index is 0.270. The normalized spacial score (nSPS) is 26.8.